The van der Waals surface area contributed by atoms with Crippen LogP contribution in [0.1, 0.15) is 32.6 Å². The molecule has 0 saturated heterocycles. The van der Waals surface area contributed by atoms with Crippen molar-refractivity contribution in [2.24, 2.45) is 11.7 Å². The molecule has 0 radical (unpaired) electrons. The summed E-state index contributed by atoms with van der Waals surface area (Å²) in [7, 11) is 1.38. The van der Waals surface area contributed by atoms with Crippen molar-refractivity contribution in [2.75, 3.05) is 20.2 Å². The van der Waals surface area contributed by atoms with Crippen LogP contribution in [0.2, 0.25) is 0 Å². The standard InChI is InChI=1S/C12H22N2O3/c1-9(12(13)16)7-14(8-11(15)17-2)10-5-3-4-6-10/h9-10H,3-8H2,1-2H3,(H2,13,16). The van der Waals surface area contributed by atoms with Gasteiger partial charge in [0.05, 0.1) is 13.7 Å². The topological polar surface area (TPSA) is 72.6 Å². The van der Waals surface area contributed by atoms with E-state index in [4.69, 9.17) is 5.73 Å². The lowest BCUT2D eigenvalue weighted by Gasteiger charge is -2.29. The van der Waals surface area contributed by atoms with Crippen LogP contribution >= 0.6 is 0 Å². The van der Waals surface area contributed by atoms with Crippen molar-refractivity contribution >= 4 is 11.9 Å². The first-order valence-electron chi connectivity index (χ1n) is 6.14. The minimum absolute atomic E-state index is 0.236. The Bertz CT molecular complexity index is 275. The lowest BCUT2D eigenvalue weighted by Crippen LogP contribution is -2.43. The molecule has 1 saturated carbocycles. The largest absolute Gasteiger partial charge is 0.468 e. The van der Waals surface area contributed by atoms with Crippen LogP contribution in [0.4, 0.5) is 0 Å². The molecule has 2 N–H and O–H groups in total. The first kappa shape index (κ1) is 14.0. The van der Waals surface area contributed by atoms with Gasteiger partial charge in [0, 0.05) is 18.5 Å². The molecule has 98 valence electrons. The summed E-state index contributed by atoms with van der Waals surface area (Å²) in [6.07, 6.45) is 4.55. The lowest BCUT2D eigenvalue weighted by atomic mass is 10.1. The van der Waals surface area contributed by atoms with Crippen molar-refractivity contribution < 1.29 is 14.3 Å². The van der Waals surface area contributed by atoms with E-state index in [-0.39, 0.29) is 24.3 Å². The normalized spacial score (nSPS) is 18.3. The lowest BCUT2D eigenvalue weighted by molar-refractivity contribution is -0.143. The highest BCUT2D eigenvalue weighted by atomic mass is 16.5. The molecule has 0 aliphatic heterocycles. The number of amides is 1. The van der Waals surface area contributed by atoms with Gasteiger partial charge in [0.25, 0.3) is 0 Å². The van der Waals surface area contributed by atoms with E-state index < -0.39 is 0 Å². The second kappa shape index (κ2) is 6.59. The molecule has 1 aliphatic rings. The molecule has 0 aromatic rings. The molecule has 1 fully saturated rings. The Labute approximate surface area is 102 Å². The fourth-order valence-electron chi connectivity index (χ4n) is 2.28. The van der Waals surface area contributed by atoms with Gasteiger partial charge in [-0.1, -0.05) is 19.8 Å². The predicted molar refractivity (Wildman–Crippen MR) is 64.2 cm³/mol. The maximum atomic E-state index is 11.4. The zero-order valence-corrected chi connectivity index (χ0v) is 10.6. The summed E-state index contributed by atoms with van der Waals surface area (Å²) in [5, 5.41) is 0. The summed E-state index contributed by atoms with van der Waals surface area (Å²) in [5.74, 6) is -0.813. The summed E-state index contributed by atoms with van der Waals surface area (Å²) in [4.78, 5) is 24.5. The third kappa shape index (κ3) is 4.34. The SMILES string of the molecule is COC(=O)CN(CC(C)C(N)=O)C1CCCC1. The smallest absolute Gasteiger partial charge is 0.319 e. The van der Waals surface area contributed by atoms with Crippen molar-refractivity contribution in [3.8, 4) is 0 Å². The van der Waals surface area contributed by atoms with E-state index in [9.17, 15) is 9.59 Å². The van der Waals surface area contributed by atoms with Crippen LogP contribution in [0, 0.1) is 5.92 Å². The maximum Gasteiger partial charge on any atom is 0.319 e. The number of hydrogen-bond acceptors (Lipinski definition) is 4. The Kier molecular flexibility index (Phi) is 5.41. The molecular weight excluding hydrogens is 220 g/mol. The van der Waals surface area contributed by atoms with Gasteiger partial charge in [-0.2, -0.15) is 0 Å². The van der Waals surface area contributed by atoms with Crippen LogP contribution < -0.4 is 5.73 Å². The molecule has 17 heavy (non-hydrogen) atoms. The number of nitrogens with two attached hydrogens (primary N) is 1. The van der Waals surface area contributed by atoms with Gasteiger partial charge in [0.2, 0.25) is 5.91 Å². The Morgan fingerprint density at radius 3 is 2.47 bits per heavy atom. The average Bonchev–Trinajstić information content (AvgIpc) is 2.80. The van der Waals surface area contributed by atoms with E-state index in [1.807, 2.05) is 4.90 Å². The zero-order valence-electron chi connectivity index (χ0n) is 10.6. The Morgan fingerprint density at radius 1 is 1.41 bits per heavy atom. The van der Waals surface area contributed by atoms with E-state index in [0.717, 1.165) is 12.8 Å². The highest BCUT2D eigenvalue weighted by Gasteiger charge is 2.27. The number of ether oxygens (including phenoxy) is 1. The minimum Gasteiger partial charge on any atom is -0.468 e. The van der Waals surface area contributed by atoms with E-state index in [1.54, 1.807) is 6.92 Å². The van der Waals surface area contributed by atoms with Gasteiger partial charge in [-0.25, -0.2) is 0 Å². The number of nitrogens with zero attached hydrogens (tertiary/aromatic N) is 1. The summed E-state index contributed by atoms with van der Waals surface area (Å²) < 4.78 is 4.69. The van der Waals surface area contributed by atoms with E-state index in [2.05, 4.69) is 4.74 Å². The second-order valence-corrected chi connectivity index (χ2v) is 4.75. The number of carbonyl (C=O) groups excluding carboxylic acids is 2. The summed E-state index contributed by atoms with van der Waals surface area (Å²) in [5.41, 5.74) is 5.26. The van der Waals surface area contributed by atoms with Gasteiger partial charge in [-0.3, -0.25) is 14.5 Å². The molecular formula is C12H22N2O3. The number of hydrogen-bond donors (Lipinski definition) is 1. The Morgan fingerprint density at radius 2 is 2.00 bits per heavy atom. The van der Waals surface area contributed by atoms with Crippen LogP contribution in [0.5, 0.6) is 0 Å². The maximum absolute atomic E-state index is 11.4. The van der Waals surface area contributed by atoms with Gasteiger partial charge < -0.3 is 10.5 Å². The predicted octanol–water partition coefficient (Wildman–Crippen LogP) is 0.525. The first-order valence-corrected chi connectivity index (χ1v) is 6.14. The molecule has 5 heteroatoms. The number of rotatable bonds is 6. The molecule has 0 spiro atoms. The van der Waals surface area contributed by atoms with Gasteiger partial charge in [0.1, 0.15) is 0 Å². The molecule has 0 heterocycles. The van der Waals surface area contributed by atoms with Crippen LogP contribution in [-0.4, -0.2) is 43.0 Å². The summed E-state index contributed by atoms with van der Waals surface area (Å²) >= 11 is 0. The van der Waals surface area contributed by atoms with Crippen molar-refractivity contribution in [1.82, 2.24) is 4.90 Å². The minimum atomic E-state index is -0.321. The van der Waals surface area contributed by atoms with E-state index in [1.165, 1.54) is 20.0 Å². The molecule has 0 bridgehead atoms. The van der Waals surface area contributed by atoms with Gasteiger partial charge in [-0.15, -0.1) is 0 Å². The average molecular weight is 242 g/mol. The van der Waals surface area contributed by atoms with E-state index in [0.29, 0.717) is 12.6 Å². The summed E-state index contributed by atoms with van der Waals surface area (Å²) in [6, 6.07) is 0.385. The molecule has 1 atom stereocenters. The van der Waals surface area contributed by atoms with Crippen LogP contribution in [0.25, 0.3) is 0 Å². The van der Waals surface area contributed by atoms with Gasteiger partial charge in [-0.05, 0) is 12.8 Å². The highest BCUT2D eigenvalue weighted by molar-refractivity contribution is 5.76. The Balaban J connectivity index is 2.57. The molecule has 0 aromatic heterocycles. The number of carbonyl (C=O) groups is 2. The van der Waals surface area contributed by atoms with Crippen molar-refractivity contribution in [2.45, 2.75) is 38.6 Å². The number of methoxy groups -OCH3 is 1. The monoisotopic (exact) mass is 242 g/mol. The quantitative estimate of drug-likeness (QED) is 0.689. The fraction of sp³-hybridized carbons (Fsp3) is 0.833. The highest BCUT2D eigenvalue weighted by Crippen LogP contribution is 2.24. The molecule has 1 unspecified atom stereocenters. The van der Waals surface area contributed by atoms with E-state index >= 15 is 0 Å². The fourth-order valence-corrected chi connectivity index (χ4v) is 2.28. The van der Waals surface area contributed by atoms with Gasteiger partial charge >= 0.3 is 5.97 Å². The first-order chi connectivity index (χ1) is 8.04. The molecule has 0 aromatic carbocycles. The molecule has 1 aliphatic carbocycles. The third-order valence-electron chi connectivity index (χ3n) is 3.40. The summed E-state index contributed by atoms with van der Waals surface area (Å²) in [6.45, 7) is 2.58. The Hall–Kier alpha value is -1.10. The van der Waals surface area contributed by atoms with Crippen molar-refractivity contribution in [3.05, 3.63) is 0 Å². The third-order valence-corrected chi connectivity index (χ3v) is 3.40. The van der Waals surface area contributed by atoms with Crippen LogP contribution in [0.3, 0.4) is 0 Å². The van der Waals surface area contributed by atoms with Crippen molar-refractivity contribution in [3.63, 3.8) is 0 Å². The molecule has 5 nitrogen and oxygen atoms in total. The molecule has 1 amide bonds. The van der Waals surface area contributed by atoms with Crippen LogP contribution in [-0.2, 0) is 14.3 Å². The van der Waals surface area contributed by atoms with Crippen molar-refractivity contribution in [1.29, 1.82) is 0 Å². The van der Waals surface area contributed by atoms with Crippen LogP contribution in [0.15, 0.2) is 0 Å². The number of esters is 1. The van der Waals surface area contributed by atoms with Gasteiger partial charge in [0.15, 0.2) is 0 Å². The number of primary amides is 1. The zero-order chi connectivity index (χ0) is 12.8. The molecule has 1 rings (SSSR count). The second-order valence-electron chi connectivity index (χ2n) is 4.75.